The minimum absolute atomic E-state index is 0.0378. The van der Waals surface area contributed by atoms with E-state index in [1.165, 1.54) is 18.2 Å². The topological polar surface area (TPSA) is 89.3 Å². The first-order valence-corrected chi connectivity index (χ1v) is 5.66. The second kappa shape index (κ2) is 4.55. The normalized spacial score (nSPS) is 23.0. The summed E-state index contributed by atoms with van der Waals surface area (Å²) in [5.41, 5.74) is -0.254. The molecule has 8 heteroatoms. The van der Waals surface area contributed by atoms with Gasteiger partial charge in [0.25, 0.3) is 5.69 Å². The maximum atomic E-state index is 11.6. The number of alkyl halides is 1. The molecule has 0 bridgehead atoms. The summed E-state index contributed by atoms with van der Waals surface area (Å²) in [6.45, 7) is 0. The first-order chi connectivity index (χ1) is 8.41. The number of nitro groups is 1. The number of amides is 2. The molecule has 2 unspecified atom stereocenters. The van der Waals surface area contributed by atoms with Crippen molar-refractivity contribution in [1.82, 2.24) is 5.32 Å². The van der Waals surface area contributed by atoms with Gasteiger partial charge >= 0.3 is 0 Å². The highest BCUT2D eigenvalue weighted by Crippen LogP contribution is 2.36. The number of nitro benzene ring substituents is 1. The second-order valence-electron chi connectivity index (χ2n) is 3.69. The van der Waals surface area contributed by atoms with E-state index in [0.29, 0.717) is 0 Å². The Hall–Kier alpha value is -1.66. The smallest absolute Gasteiger partial charge is 0.273 e. The molecule has 2 rings (SSSR count). The van der Waals surface area contributed by atoms with Gasteiger partial charge in [0.05, 0.1) is 10.8 Å². The molecule has 0 radical (unpaired) electrons. The minimum atomic E-state index is -1.17. The molecule has 1 aliphatic heterocycles. The van der Waals surface area contributed by atoms with Crippen LogP contribution in [0, 0.1) is 10.1 Å². The third kappa shape index (κ3) is 2.04. The fourth-order valence-corrected chi connectivity index (χ4v) is 2.28. The molecule has 0 aromatic heterocycles. The van der Waals surface area contributed by atoms with E-state index >= 15 is 0 Å². The van der Waals surface area contributed by atoms with Gasteiger partial charge in [-0.05, 0) is 12.1 Å². The maximum absolute atomic E-state index is 11.6. The summed E-state index contributed by atoms with van der Waals surface area (Å²) >= 11 is 11.5. The predicted molar refractivity (Wildman–Crippen MR) is 63.6 cm³/mol. The first kappa shape index (κ1) is 12.8. The van der Waals surface area contributed by atoms with Gasteiger partial charge in [-0.15, -0.1) is 11.6 Å². The third-order valence-corrected chi connectivity index (χ3v) is 3.28. The molecule has 6 nitrogen and oxygen atoms in total. The van der Waals surface area contributed by atoms with Crippen LogP contribution in [0.4, 0.5) is 5.69 Å². The molecule has 1 saturated heterocycles. The van der Waals surface area contributed by atoms with Gasteiger partial charge in [-0.25, -0.2) is 0 Å². The van der Waals surface area contributed by atoms with Gasteiger partial charge in [-0.3, -0.25) is 25.0 Å². The zero-order valence-electron chi connectivity index (χ0n) is 8.72. The molecule has 1 N–H and O–H groups in total. The van der Waals surface area contributed by atoms with Gasteiger partial charge in [0.1, 0.15) is 5.38 Å². The standard InChI is InChI=1S/C10H6Cl2N2O4/c11-4-1-2-6(14(17)18)5(3-4)7-8(12)10(16)13-9(7)15/h1-3,7-8H,(H,13,15,16). The number of rotatable bonds is 2. The summed E-state index contributed by atoms with van der Waals surface area (Å²) in [5, 5.41) is 12.0. The highest BCUT2D eigenvalue weighted by Gasteiger charge is 2.44. The Bertz CT molecular complexity index is 561. The lowest BCUT2D eigenvalue weighted by Crippen LogP contribution is -2.22. The van der Waals surface area contributed by atoms with E-state index in [1.54, 1.807) is 0 Å². The zero-order chi connectivity index (χ0) is 13.4. The molecule has 1 aromatic carbocycles. The highest BCUT2D eigenvalue weighted by molar-refractivity contribution is 6.37. The first-order valence-electron chi connectivity index (χ1n) is 4.84. The van der Waals surface area contributed by atoms with Crippen LogP contribution < -0.4 is 5.32 Å². The molecule has 1 heterocycles. The lowest BCUT2D eigenvalue weighted by Gasteiger charge is -2.10. The van der Waals surface area contributed by atoms with Crippen molar-refractivity contribution in [1.29, 1.82) is 0 Å². The number of benzene rings is 1. The number of nitrogens with one attached hydrogen (secondary N) is 1. The molecule has 0 aliphatic carbocycles. The van der Waals surface area contributed by atoms with E-state index in [-0.39, 0.29) is 16.3 Å². The number of hydrogen-bond donors (Lipinski definition) is 1. The number of imide groups is 1. The minimum Gasteiger partial charge on any atom is -0.295 e. The average Bonchev–Trinajstić information content (AvgIpc) is 2.52. The van der Waals surface area contributed by atoms with Crippen LogP contribution in [0.15, 0.2) is 18.2 Å². The fraction of sp³-hybridized carbons (Fsp3) is 0.200. The van der Waals surface area contributed by atoms with Crippen molar-refractivity contribution in [2.75, 3.05) is 0 Å². The Morgan fingerprint density at radius 2 is 1.94 bits per heavy atom. The number of carbonyl (C=O) groups excluding carboxylic acids is 2. The maximum Gasteiger partial charge on any atom is 0.273 e. The van der Waals surface area contributed by atoms with E-state index in [9.17, 15) is 19.7 Å². The average molecular weight is 289 g/mol. The molecule has 18 heavy (non-hydrogen) atoms. The Labute approximate surface area is 111 Å². The lowest BCUT2D eigenvalue weighted by molar-refractivity contribution is -0.385. The van der Waals surface area contributed by atoms with Crippen molar-refractivity contribution in [2.24, 2.45) is 0 Å². The number of hydrogen-bond acceptors (Lipinski definition) is 4. The summed E-state index contributed by atoms with van der Waals surface area (Å²) in [6.07, 6.45) is 0. The molecule has 1 aliphatic rings. The highest BCUT2D eigenvalue weighted by atomic mass is 35.5. The molecule has 2 atom stereocenters. The van der Waals surface area contributed by atoms with Crippen LogP contribution in [-0.4, -0.2) is 22.1 Å². The molecular weight excluding hydrogens is 283 g/mol. The van der Waals surface area contributed by atoms with Crippen molar-refractivity contribution in [3.63, 3.8) is 0 Å². The second-order valence-corrected chi connectivity index (χ2v) is 4.60. The van der Waals surface area contributed by atoms with Gasteiger partial charge < -0.3 is 0 Å². The third-order valence-electron chi connectivity index (χ3n) is 2.59. The summed E-state index contributed by atoms with van der Waals surface area (Å²) in [5.74, 6) is -2.43. The van der Waals surface area contributed by atoms with E-state index in [1.807, 2.05) is 5.32 Å². The predicted octanol–water partition coefficient (Wildman–Crippen LogP) is 1.60. The monoisotopic (exact) mass is 288 g/mol. The molecule has 2 amide bonds. The van der Waals surface area contributed by atoms with Crippen LogP contribution in [0.25, 0.3) is 0 Å². The summed E-state index contributed by atoms with van der Waals surface area (Å²) in [6, 6.07) is 3.79. The molecular formula is C10H6Cl2N2O4. The van der Waals surface area contributed by atoms with Crippen molar-refractivity contribution in [3.8, 4) is 0 Å². The van der Waals surface area contributed by atoms with Crippen LogP contribution in [0.1, 0.15) is 11.5 Å². The quantitative estimate of drug-likeness (QED) is 0.387. The van der Waals surface area contributed by atoms with Gasteiger partial charge in [0.2, 0.25) is 11.8 Å². The summed E-state index contributed by atoms with van der Waals surface area (Å²) in [4.78, 5) is 33.1. The van der Waals surface area contributed by atoms with Crippen molar-refractivity contribution in [3.05, 3.63) is 38.9 Å². The zero-order valence-corrected chi connectivity index (χ0v) is 10.2. The lowest BCUT2D eigenvalue weighted by atomic mass is 9.95. The summed E-state index contributed by atoms with van der Waals surface area (Å²) in [7, 11) is 0. The Kier molecular flexibility index (Phi) is 3.23. The van der Waals surface area contributed by atoms with Crippen LogP contribution in [0.3, 0.4) is 0 Å². The molecule has 0 saturated carbocycles. The largest absolute Gasteiger partial charge is 0.295 e. The Morgan fingerprint density at radius 3 is 2.44 bits per heavy atom. The van der Waals surface area contributed by atoms with Crippen LogP contribution >= 0.6 is 23.2 Å². The van der Waals surface area contributed by atoms with E-state index in [0.717, 1.165) is 0 Å². The summed E-state index contributed by atoms with van der Waals surface area (Å²) < 4.78 is 0. The molecule has 1 fully saturated rings. The molecule has 0 spiro atoms. The van der Waals surface area contributed by atoms with Gasteiger partial charge in [-0.1, -0.05) is 11.6 Å². The van der Waals surface area contributed by atoms with Crippen LogP contribution in [0.5, 0.6) is 0 Å². The number of halogens is 2. The van der Waals surface area contributed by atoms with Crippen LogP contribution in [0.2, 0.25) is 5.02 Å². The van der Waals surface area contributed by atoms with Gasteiger partial charge in [0, 0.05) is 16.7 Å². The Balaban J connectivity index is 2.56. The fourth-order valence-electron chi connectivity index (χ4n) is 1.79. The van der Waals surface area contributed by atoms with Gasteiger partial charge in [0.15, 0.2) is 0 Å². The van der Waals surface area contributed by atoms with Crippen molar-refractivity contribution >= 4 is 40.7 Å². The molecule has 1 aromatic rings. The van der Waals surface area contributed by atoms with Gasteiger partial charge in [-0.2, -0.15) is 0 Å². The number of nitrogens with zero attached hydrogens (tertiary/aromatic N) is 1. The van der Waals surface area contributed by atoms with E-state index in [4.69, 9.17) is 23.2 Å². The van der Waals surface area contributed by atoms with Crippen molar-refractivity contribution < 1.29 is 14.5 Å². The number of carbonyl (C=O) groups is 2. The molecule has 94 valence electrons. The van der Waals surface area contributed by atoms with E-state index in [2.05, 4.69) is 0 Å². The van der Waals surface area contributed by atoms with Crippen molar-refractivity contribution in [2.45, 2.75) is 11.3 Å². The van der Waals surface area contributed by atoms with E-state index < -0.39 is 28.0 Å². The Morgan fingerprint density at radius 1 is 1.28 bits per heavy atom. The van der Waals surface area contributed by atoms with Crippen LogP contribution in [-0.2, 0) is 9.59 Å². The SMILES string of the molecule is O=C1NC(=O)C(c2cc(Cl)ccc2[N+](=O)[O-])C1Cl.